The third-order valence-electron chi connectivity index (χ3n) is 8.60. The van der Waals surface area contributed by atoms with Crippen LogP contribution >= 0.6 is 7.60 Å². The maximum Gasteiger partial charge on any atom is 0.356 e. The van der Waals surface area contributed by atoms with Crippen molar-refractivity contribution in [3.05, 3.63) is 114 Å². The SMILES string of the molecule is O=C1N(c2ccccc2)[C@H](c2ccc(-c3ccc(P(=O)(O)O)cc3)cc2O)C12CCC(O)(c1ccccc1)CC2. The van der Waals surface area contributed by atoms with Crippen molar-refractivity contribution < 1.29 is 29.4 Å². The van der Waals surface area contributed by atoms with Crippen molar-refractivity contribution in [2.45, 2.75) is 37.3 Å². The molecule has 1 heterocycles. The van der Waals surface area contributed by atoms with Gasteiger partial charge in [0, 0.05) is 11.3 Å². The minimum absolute atomic E-state index is 0.00434. The molecule has 1 spiro atoms. The second kappa shape index (κ2) is 9.72. The molecule has 0 radical (unpaired) electrons. The van der Waals surface area contributed by atoms with Gasteiger partial charge >= 0.3 is 7.60 Å². The number of nitrogens with zero attached hydrogens (tertiary/aromatic N) is 1. The number of phenols is 1. The summed E-state index contributed by atoms with van der Waals surface area (Å²) in [5.41, 5.74) is 1.87. The first-order valence-corrected chi connectivity index (χ1v) is 14.9. The van der Waals surface area contributed by atoms with Crippen molar-refractivity contribution in [1.82, 2.24) is 0 Å². The number of carbonyl (C=O) groups is 1. The van der Waals surface area contributed by atoms with Crippen LogP contribution in [0.25, 0.3) is 11.1 Å². The van der Waals surface area contributed by atoms with E-state index in [9.17, 15) is 29.4 Å². The van der Waals surface area contributed by atoms with E-state index < -0.39 is 24.7 Å². The van der Waals surface area contributed by atoms with Crippen molar-refractivity contribution in [2.75, 3.05) is 4.90 Å². The fourth-order valence-corrected chi connectivity index (χ4v) is 6.92. The first-order valence-electron chi connectivity index (χ1n) is 13.3. The molecule has 1 saturated carbocycles. The monoisotopic (exact) mass is 555 g/mol. The smallest absolute Gasteiger partial charge is 0.356 e. The van der Waals surface area contributed by atoms with Crippen molar-refractivity contribution in [3.63, 3.8) is 0 Å². The molecule has 7 nitrogen and oxygen atoms in total. The molecule has 0 unspecified atom stereocenters. The Labute approximate surface area is 232 Å². The maximum atomic E-state index is 13.9. The lowest BCUT2D eigenvalue weighted by Gasteiger charge is -2.59. The fraction of sp³-hybridized carbons (Fsp3) is 0.219. The van der Waals surface area contributed by atoms with Gasteiger partial charge < -0.3 is 24.9 Å². The second-order valence-electron chi connectivity index (χ2n) is 10.8. The molecule has 1 aliphatic carbocycles. The molecular weight excluding hydrogens is 525 g/mol. The predicted molar refractivity (Wildman–Crippen MR) is 153 cm³/mol. The van der Waals surface area contributed by atoms with Crippen LogP contribution in [-0.2, 0) is 15.0 Å². The highest BCUT2D eigenvalue weighted by Crippen LogP contribution is 2.62. The van der Waals surface area contributed by atoms with Gasteiger partial charge in [-0.2, -0.15) is 0 Å². The number of rotatable bonds is 5. The van der Waals surface area contributed by atoms with Crippen LogP contribution in [0.2, 0.25) is 0 Å². The summed E-state index contributed by atoms with van der Waals surface area (Å²) in [7, 11) is -4.35. The summed E-state index contributed by atoms with van der Waals surface area (Å²) in [4.78, 5) is 34.4. The Bertz CT molecular complexity index is 1590. The van der Waals surface area contributed by atoms with E-state index in [1.807, 2.05) is 72.8 Å². The van der Waals surface area contributed by atoms with Gasteiger partial charge in [-0.1, -0.05) is 72.8 Å². The van der Waals surface area contributed by atoms with Crippen LogP contribution in [0.4, 0.5) is 5.69 Å². The van der Waals surface area contributed by atoms with Gasteiger partial charge in [0.05, 0.1) is 22.4 Å². The van der Waals surface area contributed by atoms with Crippen LogP contribution in [0.15, 0.2) is 103 Å². The molecule has 2 aliphatic rings. The summed E-state index contributed by atoms with van der Waals surface area (Å²) < 4.78 is 11.5. The molecule has 4 aromatic rings. The van der Waals surface area contributed by atoms with Gasteiger partial charge in [-0.05, 0) is 72.7 Å². The van der Waals surface area contributed by atoms with E-state index in [4.69, 9.17) is 0 Å². The lowest BCUT2D eigenvalue weighted by molar-refractivity contribution is -0.149. The van der Waals surface area contributed by atoms with Crippen molar-refractivity contribution >= 4 is 24.5 Å². The number of β-lactam (4-membered cyclic amide) rings is 1. The maximum absolute atomic E-state index is 13.9. The summed E-state index contributed by atoms with van der Waals surface area (Å²) in [5, 5.41) is 22.7. The first-order chi connectivity index (χ1) is 19.1. The molecule has 0 aromatic heterocycles. The van der Waals surface area contributed by atoms with Gasteiger partial charge in [-0.15, -0.1) is 0 Å². The summed E-state index contributed by atoms with van der Waals surface area (Å²) in [6, 6.07) is 29.9. The summed E-state index contributed by atoms with van der Waals surface area (Å²) in [6.07, 6.45) is 1.84. The Balaban J connectivity index is 1.35. The molecule has 8 heteroatoms. The average molecular weight is 556 g/mol. The molecule has 0 bridgehead atoms. The van der Waals surface area contributed by atoms with E-state index in [1.54, 1.807) is 23.1 Å². The van der Waals surface area contributed by atoms with Gasteiger partial charge in [-0.3, -0.25) is 9.36 Å². The zero-order valence-corrected chi connectivity index (χ0v) is 22.6. The highest BCUT2D eigenvalue weighted by molar-refractivity contribution is 7.60. The fourth-order valence-electron chi connectivity index (χ4n) is 6.38. The minimum Gasteiger partial charge on any atom is -0.508 e. The van der Waals surface area contributed by atoms with Crippen molar-refractivity contribution in [2.24, 2.45) is 5.41 Å². The second-order valence-corrected chi connectivity index (χ2v) is 12.4. The minimum atomic E-state index is -4.35. The summed E-state index contributed by atoms with van der Waals surface area (Å²) in [5.74, 6) is 0.0357. The Hall–Kier alpha value is -3.74. The Morgan fingerprint density at radius 3 is 1.90 bits per heavy atom. The van der Waals surface area contributed by atoms with Gasteiger partial charge in [0.1, 0.15) is 5.75 Å². The largest absolute Gasteiger partial charge is 0.508 e. The third-order valence-corrected chi connectivity index (χ3v) is 9.57. The Morgan fingerprint density at radius 1 is 0.750 bits per heavy atom. The summed E-state index contributed by atoms with van der Waals surface area (Å²) in [6.45, 7) is 0. The molecule has 6 rings (SSSR count). The van der Waals surface area contributed by atoms with Crippen molar-refractivity contribution in [1.29, 1.82) is 0 Å². The molecule has 2 fully saturated rings. The number of hydrogen-bond donors (Lipinski definition) is 4. The van der Waals surface area contributed by atoms with Crippen LogP contribution in [0, 0.1) is 5.41 Å². The van der Waals surface area contributed by atoms with Crippen LogP contribution in [0.1, 0.15) is 42.9 Å². The van der Waals surface area contributed by atoms with Gasteiger partial charge in [-0.25, -0.2) is 0 Å². The third kappa shape index (κ3) is 4.36. The zero-order valence-electron chi connectivity index (χ0n) is 21.7. The first kappa shape index (κ1) is 26.5. The molecule has 4 N–H and O–H groups in total. The van der Waals surface area contributed by atoms with Crippen LogP contribution in [0.3, 0.4) is 0 Å². The highest BCUT2D eigenvalue weighted by atomic mass is 31.2. The Morgan fingerprint density at radius 2 is 1.32 bits per heavy atom. The number of amides is 1. The van der Waals surface area contributed by atoms with Crippen molar-refractivity contribution in [3.8, 4) is 16.9 Å². The average Bonchev–Trinajstić information content (AvgIpc) is 2.97. The molecule has 204 valence electrons. The number of para-hydroxylation sites is 1. The number of phenolic OH excluding ortho intramolecular Hbond substituents is 1. The van der Waals surface area contributed by atoms with Crippen LogP contribution < -0.4 is 10.2 Å². The number of benzene rings is 4. The van der Waals surface area contributed by atoms with Crippen LogP contribution in [-0.4, -0.2) is 25.9 Å². The zero-order chi connectivity index (χ0) is 28.1. The normalized spacial score (nSPS) is 24.6. The van der Waals surface area contributed by atoms with E-state index in [0.717, 1.165) is 11.3 Å². The molecule has 1 aliphatic heterocycles. The quantitative estimate of drug-likeness (QED) is 0.194. The molecule has 1 saturated heterocycles. The topological polar surface area (TPSA) is 118 Å². The van der Waals surface area contributed by atoms with E-state index >= 15 is 0 Å². The van der Waals surface area contributed by atoms with E-state index in [1.165, 1.54) is 12.1 Å². The lowest BCUT2D eigenvalue weighted by Crippen LogP contribution is -2.65. The standard InChI is InChI=1S/C32H30NO6P/c34-28-21-23(22-11-14-26(15-12-22)40(37,38)39)13-16-27(28)29-31(30(35)33(29)25-9-5-2-6-10-25)17-19-32(36,20-18-31)24-7-3-1-4-8-24/h1-16,21,29,34,36H,17-20H2,(H2,37,38,39)/t29-,31?,32?/m1/s1. The molecular formula is C32H30NO6P. The molecule has 1 amide bonds. The number of hydrogen-bond acceptors (Lipinski definition) is 4. The van der Waals surface area contributed by atoms with Crippen LogP contribution in [0.5, 0.6) is 5.75 Å². The molecule has 1 atom stereocenters. The molecule has 40 heavy (non-hydrogen) atoms. The lowest BCUT2D eigenvalue weighted by atomic mass is 9.56. The van der Waals surface area contributed by atoms with E-state index in [0.29, 0.717) is 42.4 Å². The number of aliphatic hydroxyl groups is 1. The van der Waals surface area contributed by atoms with Gasteiger partial charge in [0.25, 0.3) is 0 Å². The highest BCUT2D eigenvalue weighted by Gasteiger charge is 2.64. The summed E-state index contributed by atoms with van der Waals surface area (Å²) >= 11 is 0. The molecule has 4 aromatic carbocycles. The van der Waals surface area contributed by atoms with E-state index in [-0.39, 0.29) is 17.0 Å². The van der Waals surface area contributed by atoms with Gasteiger partial charge in [0.15, 0.2) is 0 Å². The Kier molecular flexibility index (Phi) is 6.43. The van der Waals surface area contributed by atoms with E-state index in [2.05, 4.69) is 0 Å². The number of carbonyl (C=O) groups excluding carboxylic acids is 1. The predicted octanol–water partition coefficient (Wildman–Crippen LogP) is 5.40. The number of anilines is 1. The number of aromatic hydroxyl groups is 1. The van der Waals surface area contributed by atoms with Gasteiger partial charge in [0.2, 0.25) is 5.91 Å².